The van der Waals surface area contributed by atoms with E-state index in [1.165, 1.54) is 6.20 Å². The van der Waals surface area contributed by atoms with Crippen molar-refractivity contribution in [3.63, 3.8) is 0 Å². The third kappa shape index (κ3) is 3.33. The summed E-state index contributed by atoms with van der Waals surface area (Å²) in [7, 11) is 0. The number of fused-ring (bicyclic) bond motifs is 1. The number of hydrogen-bond acceptors (Lipinski definition) is 4. The average Bonchev–Trinajstić information content (AvgIpc) is 3.25. The first kappa shape index (κ1) is 18.4. The Kier molecular flexibility index (Phi) is 4.77. The monoisotopic (exact) mass is 397 g/mol. The number of pyridine rings is 1. The molecule has 4 rings (SSSR count). The van der Waals surface area contributed by atoms with Crippen LogP contribution in [0.2, 0.25) is 5.02 Å². The number of anilines is 1. The zero-order chi connectivity index (χ0) is 19.8. The van der Waals surface area contributed by atoms with Crippen LogP contribution in [0.1, 0.15) is 36.7 Å². The van der Waals surface area contributed by atoms with Gasteiger partial charge in [-0.3, -0.25) is 9.59 Å². The highest BCUT2D eigenvalue weighted by molar-refractivity contribution is 6.31. The van der Waals surface area contributed by atoms with E-state index >= 15 is 0 Å². The largest absolute Gasteiger partial charge is 0.340 e. The molecule has 0 saturated carbocycles. The molecular formula is C20H20ClN5O2. The Balaban J connectivity index is 1.49. The summed E-state index contributed by atoms with van der Waals surface area (Å²) in [5, 5.41) is 8.50. The van der Waals surface area contributed by atoms with Crippen molar-refractivity contribution in [1.29, 1.82) is 0 Å². The number of carbonyl (C=O) groups excluding carboxylic acids is 2. The molecule has 1 aliphatic heterocycles. The number of nitrogens with one attached hydrogen (secondary N) is 1. The molecule has 1 atom stereocenters. The van der Waals surface area contributed by atoms with Gasteiger partial charge in [0.2, 0.25) is 5.91 Å². The van der Waals surface area contributed by atoms with Crippen LogP contribution >= 0.6 is 11.6 Å². The van der Waals surface area contributed by atoms with Crippen molar-refractivity contribution in [2.45, 2.75) is 32.4 Å². The molecule has 0 radical (unpaired) electrons. The Morgan fingerprint density at radius 3 is 2.86 bits per heavy atom. The molecule has 1 N–H and O–H groups in total. The van der Waals surface area contributed by atoms with Gasteiger partial charge in [0.15, 0.2) is 5.65 Å². The molecule has 3 aromatic rings. The van der Waals surface area contributed by atoms with Gasteiger partial charge in [-0.1, -0.05) is 17.7 Å². The summed E-state index contributed by atoms with van der Waals surface area (Å²) >= 11 is 6.02. The van der Waals surface area contributed by atoms with E-state index in [-0.39, 0.29) is 17.9 Å². The van der Waals surface area contributed by atoms with Crippen LogP contribution in [0.25, 0.3) is 11.0 Å². The maximum Gasteiger partial charge on any atom is 0.253 e. The van der Waals surface area contributed by atoms with E-state index in [4.69, 9.17) is 11.6 Å². The van der Waals surface area contributed by atoms with Gasteiger partial charge in [-0.2, -0.15) is 5.10 Å². The number of carbonyl (C=O) groups is 2. The van der Waals surface area contributed by atoms with Gasteiger partial charge in [0.1, 0.15) is 6.04 Å². The quantitative estimate of drug-likeness (QED) is 0.733. The first-order valence-electron chi connectivity index (χ1n) is 9.15. The van der Waals surface area contributed by atoms with Crippen LogP contribution in [0.4, 0.5) is 5.69 Å². The van der Waals surface area contributed by atoms with Crippen LogP contribution in [0.5, 0.6) is 0 Å². The lowest BCUT2D eigenvalue weighted by Gasteiger charge is -2.17. The second kappa shape index (κ2) is 7.24. The number of rotatable bonds is 4. The molecule has 0 spiro atoms. The fourth-order valence-corrected chi connectivity index (χ4v) is 3.58. The lowest BCUT2D eigenvalue weighted by molar-refractivity contribution is -0.118. The summed E-state index contributed by atoms with van der Waals surface area (Å²) < 4.78 is 1.81. The first-order chi connectivity index (χ1) is 13.4. The number of amides is 2. The van der Waals surface area contributed by atoms with Gasteiger partial charge in [-0.25, -0.2) is 9.67 Å². The van der Waals surface area contributed by atoms with E-state index < -0.39 is 6.04 Å². The predicted octanol–water partition coefficient (Wildman–Crippen LogP) is 3.20. The van der Waals surface area contributed by atoms with Gasteiger partial charge < -0.3 is 10.2 Å². The minimum absolute atomic E-state index is 0.141. The number of aromatic nitrogens is 3. The van der Waals surface area contributed by atoms with Crippen molar-refractivity contribution in [3.8, 4) is 0 Å². The number of nitrogens with zero attached hydrogens (tertiary/aromatic N) is 4. The van der Waals surface area contributed by atoms with E-state index in [0.29, 0.717) is 23.6 Å². The molecule has 1 fully saturated rings. The molecule has 0 bridgehead atoms. The lowest BCUT2D eigenvalue weighted by atomic mass is 10.2. The van der Waals surface area contributed by atoms with Crippen molar-refractivity contribution < 1.29 is 9.59 Å². The van der Waals surface area contributed by atoms with E-state index in [1.807, 2.05) is 19.9 Å². The van der Waals surface area contributed by atoms with Gasteiger partial charge in [0.05, 0.1) is 11.8 Å². The van der Waals surface area contributed by atoms with Gasteiger partial charge in [-0.05, 0) is 44.5 Å². The van der Waals surface area contributed by atoms with E-state index in [1.54, 1.807) is 40.0 Å². The van der Waals surface area contributed by atoms with Crippen molar-refractivity contribution in [1.82, 2.24) is 20.1 Å². The predicted molar refractivity (Wildman–Crippen MR) is 108 cm³/mol. The maximum absolute atomic E-state index is 12.7. The summed E-state index contributed by atoms with van der Waals surface area (Å²) in [5.41, 5.74) is 1.87. The molecule has 144 valence electrons. The van der Waals surface area contributed by atoms with Gasteiger partial charge in [-0.15, -0.1) is 0 Å². The zero-order valence-corrected chi connectivity index (χ0v) is 16.3. The van der Waals surface area contributed by atoms with Crippen LogP contribution in [-0.2, 0) is 4.79 Å². The SMILES string of the molecule is CC(C)n1ncc2cc(C(=O)NC3CCN(c4cccc(Cl)c4)C3=O)cnc21. The molecule has 1 aromatic carbocycles. The normalized spacial score (nSPS) is 16.9. The number of hydrogen-bond donors (Lipinski definition) is 1. The Hall–Kier alpha value is -2.93. The third-order valence-electron chi connectivity index (χ3n) is 4.82. The summed E-state index contributed by atoms with van der Waals surface area (Å²) in [4.78, 5) is 31.4. The highest BCUT2D eigenvalue weighted by atomic mass is 35.5. The molecular weight excluding hydrogens is 378 g/mol. The van der Waals surface area contributed by atoms with E-state index in [0.717, 1.165) is 16.7 Å². The fourth-order valence-electron chi connectivity index (χ4n) is 3.40. The van der Waals surface area contributed by atoms with Crippen molar-refractivity contribution >= 4 is 40.1 Å². The highest BCUT2D eigenvalue weighted by Gasteiger charge is 2.34. The van der Waals surface area contributed by atoms with E-state index in [2.05, 4.69) is 15.4 Å². The first-order valence-corrected chi connectivity index (χ1v) is 9.53. The summed E-state index contributed by atoms with van der Waals surface area (Å²) in [6, 6.07) is 8.49. The molecule has 2 amide bonds. The lowest BCUT2D eigenvalue weighted by Crippen LogP contribution is -2.41. The fraction of sp³-hybridized carbons (Fsp3) is 0.300. The van der Waals surface area contributed by atoms with Crippen LogP contribution in [0, 0.1) is 0 Å². The second-order valence-corrected chi connectivity index (χ2v) is 7.54. The van der Waals surface area contributed by atoms with Crippen LogP contribution in [-0.4, -0.2) is 39.2 Å². The van der Waals surface area contributed by atoms with Gasteiger partial charge >= 0.3 is 0 Å². The minimum atomic E-state index is -0.569. The number of benzene rings is 1. The molecule has 7 nitrogen and oxygen atoms in total. The molecule has 2 aromatic heterocycles. The molecule has 1 saturated heterocycles. The third-order valence-corrected chi connectivity index (χ3v) is 5.05. The Morgan fingerprint density at radius 1 is 1.29 bits per heavy atom. The molecule has 28 heavy (non-hydrogen) atoms. The highest BCUT2D eigenvalue weighted by Crippen LogP contribution is 2.25. The molecule has 3 heterocycles. The summed E-state index contributed by atoms with van der Waals surface area (Å²) in [6.45, 7) is 4.57. The minimum Gasteiger partial charge on any atom is -0.340 e. The molecule has 8 heteroatoms. The Bertz CT molecular complexity index is 1060. The topological polar surface area (TPSA) is 80.1 Å². The van der Waals surface area contributed by atoms with E-state index in [9.17, 15) is 9.59 Å². The Labute approximate surface area is 167 Å². The van der Waals surface area contributed by atoms with Crippen molar-refractivity contribution in [2.75, 3.05) is 11.4 Å². The zero-order valence-electron chi connectivity index (χ0n) is 15.6. The van der Waals surface area contributed by atoms with Crippen LogP contribution < -0.4 is 10.2 Å². The second-order valence-electron chi connectivity index (χ2n) is 7.10. The van der Waals surface area contributed by atoms with Gasteiger partial charge in [0, 0.05) is 34.9 Å². The molecule has 1 unspecified atom stereocenters. The van der Waals surface area contributed by atoms with Crippen molar-refractivity contribution in [2.24, 2.45) is 0 Å². The standard InChI is InChI=1S/C20H20ClN5O2/c1-12(2)26-18-13(11-23-26)8-14(10-22-18)19(27)24-17-6-7-25(20(17)28)16-5-3-4-15(21)9-16/h3-5,8-12,17H,6-7H2,1-2H3,(H,24,27). The molecule has 0 aliphatic carbocycles. The molecule has 1 aliphatic rings. The smallest absolute Gasteiger partial charge is 0.253 e. The maximum atomic E-state index is 12.7. The van der Waals surface area contributed by atoms with Crippen molar-refractivity contribution in [3.05, 3.63) is 53.3 Å². The van der Waals surface area contributed by atoms with Gasteiger partial charge in [0.25, 0.3) is 5.91 Å². The average molecular weight is 398 g/mol. The summed E-state index contributed by atoms with van der Waals surface area (Å²) in [6.07, 6.45) is 3.76. The summed E-state index contributed by atoms with van der Waals surface area (Å²) in [5.74, 6) is -0.463. The number of halogens is 1. The van der Waals surface area contributed by atoms with Crippen LogP contribution in [0.3, 0.4) is 0 Å². The Morgan fingerprint density at radius 2 is 2.11 bits per heavy atom. The van der Waals surface area contributed by atoms with Crippen LogP contribution in [0.15, 0.2) is 42.7 Å².